The van der Waals surface area contributed by atoms with E-state index in [1.54, 1.807) is 0 Å². The number of nitrogens with one attached hydrogen (secondary N) is 2. The Labute approximate surface area is 109 Å². The molecule has 1 aliphatic heterocycles. The van der Waals surface area contributed by atoms with E-state index in [1.807, 2.05) is 0 Å². The van der Waals surface area contributed by atoms with E-state index in [9.17, 15) is 4.79 Å². The van der Waals surface area contributed by atoms with E-state index < -0.39 is 6.03 Å². The van der Waals surface area contributed by atoms with Gasteiger partial charge in [0, 0.05) is 19.3 Å². The molecule has 3 atom stereocenters. The lowest BCUT2D eigenvalue weighted by molar-refractivity contribution is 0.192. The molecule has 0 aromatic heterocycles. The molecule has 5 heteroatoms. The van der Waals surface area contributed by atoms with Crippen molar-refractivity contribution in [3.05, 3.63) is 11.8 Å². The summed E-state index contributed by atoms with van der Waals surface area (Å²) in [6, 6.07) is -0.417. The molecule has 3 unspecified atom stereocenters. The van der Waals surface area contributed by atoms with Gasteiger partial charge >= 0.3 is 6.03 Å². The number of carbonyl (C=O) groups is 1. The van der Waals surface area contributed by atoms with Crippen molar-refractivity contribution in [3.63, 3.8) is 0 Å². The van der Waals surface area contributed by atoms with Gasteiger partial charge in [0.1, 0.15) is 0 Å². The highest BCUT2D eigenvalue weighted by molar-refractivity contribution is 5.71. The second-order valence-electron chi connectivity index (χ2n) is 5.86. The summed E-state index contributed by atoms with van der Waals surface area (Å²) in [5.74, 6) is 1.18. The molecule has 0 radical (unpaired) electrons. The third-order valence-electron chi connectivity index (χ3n) is 4.40. The number of urea groups is 1. The molecule has 2 aliphatic rings. The van der Waals surface area contributed by atoms with Gasteiger partial charge in [-0.2, -0.15) is 0 Å². The van der Waals surface area contributed by atoms with Gasteiger partial charge in [0.15, 0.2) is 0 Å². The van der Waals surface area contributed by atoms with Gasteiger partial charge in [0.2, 0.25) is 0 Å². The molecule has 18 heavy (non-hydrogen) atoms. The maximum atomic E-state index is 10.7. The first kappa shape index (κ1) is 13.2. The van der Waals surface area contributed by atoms with Gasteiger partial charge in [0.05, 0.1) is 5.54 Å². The van der Waals surface area contributed by atoms with Crippen molar-refractivity contribution in [2.24, 2.45) is 17.6 Å². The van der Waals surface area contributed by atoms with Crippen LogP contribution in [0, 0.1) is 11.8 Å². The smallest absolute Gasteiger partial charge is 0.312 e. The number of amides is 2. The summed E-state index contributed by atoms with van der Waals surface area (Å²) >= 11 is 0. The summed E-state index contributed by atoms with van der Waals surface area (Å²) in [6.45, 7) is 5.09. The van der Waals surface area contributed by atoms with E-state index in [-0.39, 0.29) is 5.54 Å². The molecule has 0 spiro atoms. The number of hydrogen-bond donors (Lipinski definition) is 3. The van der Waals surface area contributed by atoms with Crippen LogP contribution in [0.2, 0.25) is 0 Å². The molecule has 1 fully saturated rings. The van der Waals surface area contributed by atoms with E-state index in [0.717, 1.165) is 6.42 Å². The van der Waals surface area contributed by atoms with Gasteiger partial charge in [-0.3, -0.25) is 0 Å². The number of rotatable bonds is 3. The zero-order chi connectivity index (χ0) is 13.3. The number of carbonyl (C=O) groups excluding carboxylic acids is 1. The molecule has 1 saturated carbocycles. The van der Waals surface area contributed by atoms with E-state index >= 15 is 0 Å². The van der Waals surface area contributed by atoms with Crippen LogP contribution in [-0.2, 0) is 0 Å². The summed E-state index contributed by atoms with van der Waals surface area (Å²) in [5, 5.41) is 4.81. The molecule has 5 nitrogen and oxygen atoms in total. The van der Waals surface area contributed by atoms with E-state index in [2.05, 4.69) is 42.7 Å². The Morgan fingerprint density at radius 1 is 1.67 bits per heavy atom. The average Bonchev–Trinajstić information content (AvgIpc) is 2.83. The van der Waals surface area contributed by atoms with Crippen LogP contribution in [0.4, 0.5) is 4.79 Å². The maximum absolute atomic E-state index is 10.7. The standard InChI is InChI=1S/C13H24N4O/c1-9-7-13(2,16-17(9)3)11-5-4-10(6-11)8-15-12(14)18/h7,10-11,16H,4-6,8H2,1-3H3,(H3,14,15,18). The third kappa shape index (κ3) is 2.61. The third-order valence-corrected chi connectivity index (χ3v) is 4.40. The summed E-state index contributed by atoms with van der Waals surface area (Å²) in [4.78, 5) is 10.7. The number of primary amides is 1. The fraction of sp³-hybridized carbons (Fsp3) is 0.769. The van der Waals surface area contributed by atoms with Crippen LogP contribution in [0.25, 0.3) is 0 Å². The number of allylic oxidation sites excluding steroid dienone is 1. The SMILES string of the molecule is CC1=CC(C)(C2CCC(CNC(N)=O)C2)NN1C. The number of nitrogens with two attached hydrogens (primary N) is 1. The maximum Gasteiger partial charge on any atom is 0.312 e. The molecular formula is C13H24N4O. The Balaban J connectivity index is 1.91. The van der Waals surface area contributed by atoms with Crippen LogP contribution >= 0.6 is 0 Å². The van der Waals surface area contributed by atoms with Crippen LogP contribution in [0.3, 0.4) is 0 Å². The highest BCUT2D eigenvalue weighted by Gasteiger charge is 2.41. The van der Waals surface area contributed by atoms with Gasteiger partial charge in [0.25, 0.3) is 0 Å². The lowest BCUT2D eigenvalue weighted by Gasteiger charge is -2.32. The first-order valence-corrected chi connectivity index (χ1v) is 6.65. The molecule has 2 rings (SSSR count). The van der Waals surface area contributed by atoms with Crippen LogP contribution in [-0.4, -0.2) is 30.2 Å². The second-order valence-corrected chi connectivity index (χ2v) is 5.86. The van der Waals surface area contributed by atoms with Crippen LogP contribution in [0.5, 0.6) is 0 Å². The molecule has 2 amide bonds. The van der Waals surface area contributed by atoms with Crippen molar-refractivity contribution in [3.8, 4) is 0 Å². The molecular weight excluding hydrogens is 228 g/mol. The molecule has 1 aliphatic carbocycles. The second kappa shape index (κ2) is 4.80. The minimum Gasteiger partial charge on any atom is -0.352 e. The minimum atomic E-state index is -0.417. The zero-order valence-electron chi connectivity index (χ0n) is 11.5. The van der Waals surface area contributed by atoms with Gasteiger partial charge in [-0.15, -0.1) is 0 Å². The number of hydrogen-bond acceptors (Lipinski definition) is 3. The summed E-state index contributed by atoms with van der Waals surface area (Å²) in [5.41, 5.74) is 9.98. The Bertz CT molecular complexity index is 368. The Kier molecular flexibility index (Phi) is 3.52. The molecule has 0 saturated heterocycles. The fourth-order valence-corrected chi connectivity index (χ4v) is 3.27. The topological polar surface area (TPSA) is 70.4 Å². The van der Waals surface area contributed by atoms with Crippen molar-refractivity contribution in [2.75, 3.05) is 13.6 Å². The lowest BCUT2D eigenvalue weighted by Crippen LogP contribution is -2.48. The predicted molar refractivity (Wildman–Crippen MR) is 71.5 cm³/mol. The highest BCUT2D eigenvalue weighted by atomic mass is 16.2. The van der Waals surface area contributed by atoms with Crippen molar-refractivity contribution in [1.82, 2.24) is 15.8 Å². The molecule has 0 bridgehead atoms. The van der Waals surface area contributed by atoms with Crippen molar-refractivity contribution in [2.45, 2.75) is 38.6 Å². The lowest BCUT2D eigenvalue weighted by atomic mass is 9.84. The average molecular weight is 252 g/mol. The minimum absolute atomic E-state index is 0.0559. The highest BCUT2D eigenvalue weighted by Crippen LogP contribution is 2.40. The molecule has 0 aromatic rings. The summed E-state index contributed by atoms with van der Waals surface area (Å²) in [7, 11) is 2.05. The first-order valence-electron chi connectivity index (χ1n) is 6.65. The Morgan fingerprint density at radius 2 is 2.39 bits per heavy atom. The van der Waals surface area contributed by atoms with Gasteiger partial charge in [-0.05, 0) is 51.0 Å². The van der Waals surface area contributed by atoms with Gasteiger partial charge in [-0.1, -0.05) is 0 Å². The quantitative estimate of drug-likeness (QED) is 0.706. The number of hydrazine groups is 1. The predicted octanol–water partition coefficient (Wildman–Crippen LogP) is 1.18. The normalized spacial score (nSPS) is 35.7. The molecule has 102 valence electrons. The fourth-order valence-electron chi connectivity index (χ4n) is 3.27. The molecule has 1 heterocycles. The van der Waals surface area contributed by atoms with Crippen LogP contribution < -0.4 is 16.5 Å². The van der Waals surface area contributed by atoms with E-state index in [4.69, 9.17) is 5.73 Å². The van der Waals surface area contributed by atoms with E-state index in [1.165, 1.54) is 18.5 Å². The Morgan fingerprint density at radius 3 is 2.94 bits per heavy atom. The zero-order valence-corrected chi connectivity index (χ0v) is 11.5. The van der Waals surface area contributed by atoms with Crippen LogP contribution in [0.15, 0.2) is 11.8 Å². The Hall–Kier alpha value is -1.23. The molecule has 4 N–H and O–H groups in total. The monoisotopic (exact) mass is 252 g/mol. The van der Waals surface area contributed by atoms with E-state index in [0.29, 0.717) is 18.4 Å². The summed E-state index contributed by atoms with van der Waals surface area (Å²) < 4.78 is 0. The van der Waals surface area contributed by atoms with Gasteiger partial charge in [-0.25, -0.2) is 10.2 Å². The van der Waals surface area contributed by atoms with Crippen molar-refractivity contribution >= 4 is 6.03 Å². The van der Waals surface area contributed by atoms with Crippen molar-refractivity contribution in [1.29, 1.82) is 0 Å². The largest absolute Gasteiger partial charge is 0.352 e. The summed E-state index contributed by atoms with van der Waals surface area (Å²) in [6.07, 6.45) is 5.83. The molecule has 0 aromatic carbocycles. The number of nitrogens with zero attached hydrogens (tertiary/aromatic N) is 1. The van der Waals surface area contributed by atoms with Crippen molar-refractivity contribution < 1.29 is 4.79 Å². The van der Waals surface area contributed by atoms with Gasteiger partial charge < -0.3 is 16.1 Å². The first-order chi connectivity index (χ1) is 8.40. The van der Waals surface area contributed by atoms with Crippen LogP contribution in [0.1, 0.15) is 33.1 Å².